The average molecular weight is 241 g/mol. The van der Waals surface area contributed by atoms with Gasteiger partial charge in [0, 0.05) is 29.7 Å². The third-order valence-electron chi connectivity index (χ3n) is 2.55. The Morgan fingerprint density at radius 2 is 2.17 bits per heavy atom. The number of halogens is 1. The van der Waals surface area contributed by atoms with Crippen LogP contribution in [0.2, 0.25) is 0 Å². The molecule has 0 fully saturated rings. The molecule has 0 aliphatic heterocycles. The van der Waals surface area contributed by atoms with E-state index >= 15 is 0 Å². The molecule has 4 heteroatoms. The van der Waals surface area contributed by atoms with E-state index in [9.17, 15) is 4.39 Å². The van der Waals surface area contributed by atoms with Gasteiger partial charge in [0.15, 0.2) is 0 Å². The molecule has 1 N–H and O–H groups in total. The van der Waals surface area contributed by atoms with E-state index in [0.717, 1.165) is 11.4 Å². The summed E-state index contributed by atoms with van der Waals surface area (Å²) in [6.07, 6.45) is 1.69. The van der Waals surface area contributed by atoms with Gasteiger partial charge >= 0.3 is 0 Å². The Morgan fingerprint density at radius 1 is 1.33 bits per heavy atom. The zero-order chi connectivity index (χ0) is 13.0. The number of hydrogen-bond donors (Lipinski definition) is 1. The second kappa shape index (κ2) is 5.28. The highest BCUT2D eigenvalue weighted by Crippen LogP contribution is 2.13. The van der Waals surface area contributed by atoms with Gasteiger partial charge in [0.2, 0.25) is 0 Å². The van der Waals surface area contributed by atoms with Crippen molar-refractivity contribution in [3.05, 3.63) is 59.2 Å². The summed E-state index contributed by atoms with van der Waals surface area (Å²) in [5.74, 6) is -0.313. The molecule has 0 atom stereocenters. The van der Waals surface area contributed by atoms with Gasteiger partial charge in [-0.1, -0.05) is 0 Å². The van der Waals surface area contributed by atoms with Crippen LogP contribution < -0.4 is 5.32 Å². The number of hydrogen-bond acceptors (Lipinski definition) is 3. The third kappa shape index (κ3) is 2.83. The summed E-state index contributed by atoms with van der Waals surface area (Å²) in [7, 11) is 0. The number of pyridine rings is 1. The first-order valence-electron chi connectivity index (χ1n) is 5.54. The maximum atomic E-state index is 13.5. The lowest BCUT2D eigenvalue weighted by atomic mass is 10.1. The van der Waals surface area contributed by atoms with Gasteiger partial charge in [-0.15, -0.1) is 0 Å². The molecule has 0 saturated carbocycles. The van der Waals surface area contributed by atoms with Gasteiger partial charge in [0.05, 0.1) is 11.6 Å². The van der Waals surface area contributed by atoms with E-state index in [1.54, 1.807) is 12.3 Å². The standard InChI is InChI=1S/C14H12FN3/c1-10-6-13(4-5-17-10)18-9-12-7-11(8-16)2-3-14(12)15/h2-7H,9H2,1H3,(H,17,18). The first-order valence-corrected chi connectivity index (χ1v) is 5.54. The third-order valence-corrected chi connectivity index (χ3v) is 2.55. The van der Waals surface area contributed by atoms with Gasteiger partial charge in [-0.3, -0.25) is 4.98 Å². The van der Waals surface area contributed by atoms with Crippen LogP contribution in [0, 0.1) is 24.1 Å². The second-order valence-corrected chi connectivity index (χ2v) is 3.96. The lowest BCUT2D eigenvalue weighted by molar-refractivity contribution is 0.612. The fourth-order valence-corrected chi connectivity index (χ4v) is 1.63. The minimum Gasteiger partial charge on any atom is -0.381 e. The van der Waals surface area contributed by atoms with Crippen LogP contribution in [0.3, 0.4) is 0 Å². The predicted molar refractivity (Wildman–Crippen MR) is 67.4 cm³/mol. The topological polar surface area (TPSA) is 48.7 Å². The molecule has 0 amide bonds. The largest absolute Gasteiger partial charge is 0.381 e. The van der Waals surface area contributed by atoms with Crippen LogP contribution in [0.4, 0.5) is 10.1 Å². The Kier molecular flexibility index (Phi) is 3.54. The molecule has 3 nitrogen and oxygen atoms in total. The number of nitrogens with zero attached hydrogens (tertiary/aromatic N) is 2. The zero-order valence-electron chi connectivity index (χ0n) is 9.94. The van der Waals surface area contributed by atoms with E-state index in [1.807, 2.05) is 25.1 Å². The minimum atomic E-state index is -0.313. The van der Waals surface area contributed by atoms with Crippen LogP contribution >= 0.6 is 0 Å². The monoisotopic (exact) mass is 241 g/mol. The lowest BCUT2D eigenvalue weighted by Gasteiger charge is -2.08. The number of nitrogens with one attached hydrogen (secondary N) is 1. The summed E-state index contributed by atoms with van der Waals surface area (Å²) >= 11 is 0. The maximum Gasteiger partial charge on any atom is 0.128 e. The molecule has 1 aromatic heterocycles. The highest BCUT2D eigenvalue weighted by Gasteiger charge is 2.03. The molecule has 0 radical (unpaired) electrons. The number of benzene rings is 1. The van der Waals surface area contributed by atoms with Crippen LogP contribution in [-0.4, -0.2) is 4.98 Å². The molecule has 0 spiro atoms. The van der Waals surface area contributed by atoms with Crippen molar-refractivity contribution in [2.75, 3.05) is 5.32 Å². The zero-order valence-corrected chi connectivity index (χ0v) is 9.94. The minimum absolute atomic E-state index is 0.313. The summed E-state index contributed by atoms with van der Waals surface area (Å²) < 4.78 is 13.5. The van der Waals surface area contributed by atoms with Crippen molar-refractivity contribution >= 4 is 5.69 Å². The Labute approximate surface area is 105 Å². The molecule has 0 aliphatic carbocycles. The molecule has 0 unspecified atom stereocenters. The van der Waals surface area contributed by atoms with Crippen LogP contribution in [0.25, 0.3) is 0 Å². The van der Waals surface area contributed by atoms with Crippen molar-refractivity contribution in [2.24, 2.45) is 0 Å². The molecule has 1 aromatic carbocycles. The molecule has 2 rings (SSSR count). The molecule has 2 aromatic rings. The van der Waals surface area contributed by atoms with Crippen LogP contribution in [-0.2, 0) is 6.54 Å². The fourth-order valence-electron chi connectivity index (χ4n) is 1.63. The summed E-state index contributed by atoms with van der Waals surface area (Å²) in [6.45, 7) is 2.23. The smallest absolute Gasteiger partial charge is 0.128 e. The van der Waals surface area contributed by atoms with Crippen molar-refractivity contribution in [1.29, 1.82) is 5.26 Å². The maximum absolute atomic E-state index is 13.5. The van der Waals surface area contributed by atoms with E-state index in [0.29, 0.717) is 17.7 Å². The quantitative estimate of drug-likeness (QED) is 0.898. The Bertz CT molecular complexity index is 602. The number of anilines is 1. The Morgan fingerprint density at radius 3 is 2.89 bits per heavy atom. The number of rotatable bonds is 3. The van der Waals surface area contributed by atoms with Crippen molar-refractivity contribution in [3.63, 3.8) is 0 Å². The summed E-state index contributed by atoms with van der Waals surface area (Å²) in [4.78, 5) is 4.08. The summed E-state index contributed by atoms with van der Waals surface area (Å²) in [5.41, 5.74) is 2.71. The van der Waals surface area contributed by atoms with Crippen LogP contribution in [0.15, 0.2) is 36.5 Å². The van der Waals surface area contributed by atoms with E-state index in [4.69, 9.17) is 5.26 Å². The van der Waals surface area contributed by atoms with Gasteiger partial charge in [-0.2, -0.15) is 5.26 Å². The van der Waals surface area contributed by atoms with Crippen molar-refractivity contribution in [1.82, 2.24) is 4.98 Å². The second-order valence-electron chi connectivity index (χ2n) is 3.96. The average Bonchev–Trinajstić information content (AvgIpc) is 2.38. The van der Waals surface area contributed by atoms with E-state index in [-0.39, 0.29) is 5.82 Å². The van der Waals surface area contributed by atoms with Gasteiger partial charge in [-0.25, -0.2) is 4.39 Å². The molecule has 1 heterocycles. The Balaban J connectivity index is 2.13. The highest BCUT2D eigenvalue weighted by molar-refractivity contribution is 5.44. The first-order chi connectivity index (χ1) is 8.69. The highest BCUT2D eigenvalue weighted by atomic mass is 19.1. The van der Waals surface area contributed by atoms with E-state index in [1.165, 1.54) is 12.1 Å². The van der Waals surface area contributed by atoms with Crippen LogP contribution in [0.5, 0.6) is 0 Å². The van der Waals surface area contributed by atoms with E-state index < -0.39 is 0 Å². The molecule has 0 saturated heterocycles. The van der Waals surface area contributed by atoms with Crippen molar-refractivity contribution in [3.8, 4) is 6.07 Å². The molecule has 18 heavy (non-hydrogen) atoms. The number of aromatic nitrogens is 1. The predicted octanol–water partition coefficient (Wildman–Crippen LogP) is 3.01. The SMILES string of the molecule is Cc1cc(NCc2cc(C#N)ccc2F)ccn1. The molecular weight excluding hydrogens is 229 g/mol. The lowest BCUT2D eigenvalue weighted by Crippen LogP contribution is -2.02. The summed E-state index contributed by atoms with van der Waals surface area (Å²) in [6, 6.07) is 10.0. The fraction of sp³-hybridized carbons (Fsp3) is 0.143. The molecular formula is C14H12FN3. The van der Waals surface area contributed by atoms with Crippen molar-refractivity contribution in [2.45, 2.75) is 13.5 Å². The number of nitriles is 1. The van der Waals surface area contributed by atoms with Crippen LogP contribution in [0.1, 0.15) is 16.8 Å². The molecule has 90 valence electrons. The normalized spacial score (nSPS) is 9.83. The van der Waals surface area contributed by atoms with Gasteiger partial charge in [-0.05, 0) is 37.3 Å². The number of aryl methyl sites for hydroxylation is 1. The Hall–Kier alpha value is -2.41. The van der Waals surface area contributed by atoms with Gasteiger partial charge in [0.1, 0.15) is 5.82 Å². The van der Waals surface area contributed by atoms with Gasteiger partial charge in [0.25, 0.3) is 0 Å². The molecule has 0 aliphatic rings. The first kappa shape index (κ1) is 12.1. The van der Waals surface area contributed by atoms with Crippen molar-refractivity contribution < 1.29 is 4.39 Å². The summed E-state index contributed by atoms with van der Waals surface area (Å²) in [5, 5.41) is 11.9. The van der Waals surface area contributed by atoms with E-state index in [2.05, 4.69) is 10.3 Å². The van der Waals surface area contributed by atoms with Gasteiger partial charge < -0.3 is 5.32 Å². The molecule has 0 bridgehead atoms.